The molecule has 2 amide bonds. The first-order valence-electron chi connectivity index (χ1n) is 8.38. The Hall–Kier alpha value is -2.80. The van der Waals surface area contributed by atoms with Gasteiger partial charge in [0.15, 0.2) is 5.76 Å². The van der Waals surface area contributed by atoms with Crippen LogP contribution in [0.4, 0.5) is 10.5 Å². The number of hydrogen-bond donors (Lipinski definition) is 1. The summed E-state index contributed by atoms with van der Waals surface area (Å²) in [5, 5.41) is 11.5. The maximum Gasteiger partial charge on any atom is 0.321 e. The monoisotopic (exact) mass is 372 g/mol. The molecule has 4 rings (SSSR count). The molecule has 0 spiro atoms. The Labute approximate surface area is 155 Å². The summed E-state index contributed by atoms with van der Waals surface area (Å²) in [6, 6.07) is 10.6. The molecule has 1 aliphatic rings. The van der Waals surface area contributed by atoms with Gasteiger partial charge < -0.3 is 19.1 Å². The Bertz CT molecular complexity index is 885. The molecule has 8 heteroatoms. The van der Waals surface area contributed by atoms with Gasteiger partial charge in [-0.3, -0.25) is 0 Å². The van der Waals surface area contributed by atoms with Gasteiger partial charge in [-0.2, -0.15) is 0 Å². The fraction of sp³-hybridized carbons (Fsp3) is 0.278. The predicted octanol–water partition coefficient (Wildman–Crippen LogP) is 4.39. The van der Waals surface area contributed by atoms with E-state index in [1.807, 2.05) is 12.1 Å². The van der Waals surface area contributed by atoms with Crippen LogP contribution in [0, 0.1) is 0 Å². The molecule has 1 aromatic carbocycles. The van der Waals surface area contributed by atoms with Crippen molar-refractivity contribution in [3.63, 3.8) is 0 Å². The number of nitrogens with zero attached hydrogens (tertiary/aromatic N) is 3. The van der Waals surface area contributed by atoms with E-state index >= 15 is 0 Å². The molecule has 3 heterocycles. The molecule has 0 aliphatic carbocycles. The number of furan rings is 1. The highest BCUT2D eigenvalue weighted by Gasteiger charge is 2.28. The molecule has 0 radical (unpaired) electrons. The van der Waals surface area contributed by atoms with Gasteiger partial charge in [0.1, 0.15) is 0 Å². The summed E-state index contributed by atoms with van der Waals surface area (Å²) in [6.45, 7) is 1.22. The number of halogens is 1. The van der Waals surface area contributed by atoms with E-state index in [9.17, 15) is 4.79 Å². The van der Waals surface area contributed by atoms with E-state index < -0.39 is 0 Å². The Balaban J connectivity index is 1.35. The molecule has 2 aromatic heterocycles. The van der Waals surface area contributed by atoms with Gasteiger partial charge in [0.25, 0.3) is 5.89 Å². The van der Waals surface area contributed by atoms with Crippen molar-refractivity contribution in [2.45, 2.75) is 18.8 Å². The summed E-state index contributed by atoms with van der Waals surface area (Å²) in [4.78, 5) is 14.2. The molecule has 3 aromatic rings. The Kier molecular flexibility index (Phi) is 4.62. The van der Waals surface area contributed by atoms with Crippen molar-refractivity contribution in [3.8, 4) is 11.7 Å². The molecule has 1 fully saturated rings. The zero-order valence-electron chi connectivity index (χ0n) is 13.9. The first kappa shape index (κ1) is 16.7. The second kappa shape index (κ2) is 7.21. The van der Waals surface area contributed by atoms with Crippen molar-refractivity contribution < 1.29 is 13.6 Å². The third-order valence-electron chi connectivity index (χ3n) is 4.42. The maximum absolute atomic E-state index is 12.4. The average molecular weight is 373 g/mol. The Morgan fingerprint density at radius 1 is 1.15 bits per heavy atom. The lowest BCUT2D eigenvalue weighted by Crippen LogP contribution is -2.40. The number of anilines is 1. The van der Waals surface area contributed by atoms with Crippen LogP contribution in [0.5, 0.6) is 0 Å². The summed E-state index contributed by atoms with van der Waals surface area (Å²) in [7, 11) is 0. The van der Waals surface area contributed by atoms with E-state index in [1.165, 1.54) is 0 Å². The van der Waals surface area contributed by atoms with E-state index in [0.717, 1.165) is 12.8 Å². The molecule has 0 bridgehead atoms. The standard InChI is InChI=1S/C18H17ClN4O3/c19-13-4-1-2-5-14(13)20-18(24)23-9-7-12(8-10-23)16-21-22-17(26-16)15-6-3-11-25-15/h1-6,11-12H,7-10H2,(H,20,24). The summed E-state index contributed by atoms with van der Waals surface area (Å²) < 4.78 is 11.0. The van der Waals surface area contributed by atoms with Crippen LogP contribution in [0.1, 0.15) is 24.7 Å². The number of likely N-dealkylation sites (tertiary alicyclic amines) is 1. The lowest BCUT2D eigenvalue weighted by molar-refractivity contribution is 0.190. The molecule has 1 N–H and O–H groups in total. The number of hydrogen-bond acceptors (Lipinski definition) is 5. The van der Waals surface area contributed by atoms with Crippen LogP contribution in [-0.4, -0.2) is 34.2 Å². The topological polar surface area (TPSA) is 84.4 Å². The number of rotatable bonds is 3. The fourth-order valence-electron chi connectivity index (χ4n) is 2.99. The highest BCUT2D eigenvalue weighted by atomic mass is 35.5. The molecule has 0 atom stereocenters. The third kappa shape index (κ3) is 3.43. The smallest absolute Gasteiger partial charge is 0.321 e. The SMILES string of the molecule is O=C(Nc1ccccc1Cl)N1CCC(c2nnc(-c3ccco3)o2)CC1. The van der Waals surface area contributed by atoms with Gasteiger partial charge in [0.2, 0.25) is 5.89 Å². The number of para-hydroxylation sites is 1. The van der Waals surface area contributed by atoms with Crippen molar-refractivity contribution >= 4 is 23.3 Å². The van der Waals surface area contributed by atoms with E-state index in [0.29, 0.717) is 41.3 Å². The summed E-state index contributed by atoms with van der Waals surface area (Å²) in [5.74, 6) is 1.65. The van der Waals surface area contributed by atoms with Gasteiger partial charge in [-0.1, -0.05) is 23.7 Å². The number of benzene rings is 1. The van der Waals surface area contributed by atoms with Gasteiger partial charge in [-0.25, -0.2) is 4.79 Å². The Morgan fingerprint density at radius 3 is 2.69 bits per heavy atom. The number of nitrogens with one attached hydrogen (secondary N) is 1. The second-order valence-electron chi connectivity index (χ2n) is 6.09. The quantitative estimate of drug-likeness (QED) is 0.736. The summed E-state index contributed by atoms with van der Waals surface area (Å²) >= 11 is 6.09. The molecule has 7 nitrogen and oxygen atoms in total. The van der Waals surface area contributed by atoms with Crippen molar-refractivity contribution in [2.24, 2.45) is 0 Å². The average Bonchev–Trinajstić information content (AvgIpc) is 3.35. The zero-order valence-corrected chi connectivity index (χ0v) is 14.6. The first-order valence-corrected chi connectivity index (χ1v) is 8.76. The van der Waals surface area contributed by atoms with Crippen LogP contribution >= 0.6 is 11.6 Å². The minimum atomic E-state index is -0.154. The number of piperidine rings is 1. The molecule has 1 aliphatic heterocycles. The Morgan fingerprint density at radius 2 is 1.96 bits per heavy atom. The number of carbonyl (C=O) groups excluding carboxylic acids is 1. The van der Waals surface area contributed by atoms with E-state index in [-0.39, 0.29) is 11.9 Å². The van der Waals surface area contributed by atoms with Crippen molar-refractivity contribution in [1.82, 2.24) is 15.1 Å². The normalized spacial score (nSPS) is 15.2. The van der Waals surface area contributed by atoms with Gasteiger partial charge in [0, 0.05) is 19.0 Å². The zero-order chi connectivity index (χ0) is 17.9. The van der Waals surface area contributed by atoms with E-state index in [2.05, 4.69) is 15.5 Å². The molecule has 1 saturated heterocycles. The fourth-order valence-corrected chi connectivity index (χ4v) is 3.17. The number of urea groups is 1. The van der Waals surface area contributed by atoms with Crippen LogP contribution in [-0.2, 0) is 0 Å². The van der Waals surface area contributed by atoms with E-state index in [4.69, 9.17) is 20.4 Å². The van der Waals surface area contributed by atoms with Gasteiger partial charge in [-0.05, 0) is 37.1 Å². The van der Waals surface area contributed by atoms with Gasteiger partial charge in [-0.15, -0.1) is 10.2 Å². The first-order chi connectivity index (χ1) is 12.7. The van der Waals surface area contributed by atoms with Crippen LogP contribution in [0.25, 0.3) is 11.7 Å². The summed E-state index contributed by atoms with van der Waals surface area (Å²) in [5.41, 5.74) is 0.612. The molecular weight excluding hydrogens is 356 g/mol. The molecular formula is C18H17ClN4O3. The summed E-state index contributed by atoms with van der Waals surface area (Å²) in [6.07, 6.45) is 3.08. The van der Waals surface area contributed by atoms with Crippen molar-refractivity contribution in [3.05, 3.63) is 53.6 Å². The number of aromatic nitrogens is 2. The molecule has 0 unspecified atom stereocenters. The van der Waals surface area contributed by atoms with Crippen LogP contribution in [0.2, 0.25) is 5.02 Å². The minimum Gasteiger partial charge on any atom is -0.459 e. The van der Waals surface area contributed by atoms with Crippen LogP contribution in [0.15, 0.2) is 51.5 Å². The second-order valence-corrected chi connectivity index (χ2v) is 6.50. The number of amides is 2. The minimum absolute atomic E-state index is 0.135. The largest absolute Gasteiger partial charge is 0.459 e. The highest BCUT2D eigenvalue weighted by Crippen LogP contribution is 2.30. The third-order valence-corrected chi connectivity index (χ3v) is 4.75. The molecule has 134 valence electrons. The maximum atomic E-state index is 12.4. The van der Waals surface area contributed by atoms with Crippen molar-refractivity contribution in [2.75, 3.05) is 18.4 Å². The molecule has 0 saturated carbocycles. The number of carbonyl (C=O) groups is 1. The predicted molar refractivity (Wildman–Crippen MR) is 96.0 cm³/mol. The van der Waals surface area contributed by atoms with E-state index in [1.54, 1.807) is 35.4 Å². The van der Waals surface area contributed by atoms with Gasteiger partial charge >= 0.3 is 6.03 Å². The van der Waals surface area contributed by atoms with Gasteiger partial charge in [0.05, 0.1) is 17.0 Å². The van der Waals surface area contributed by atoms with Crippen LogP contribution in [0.3, 0.4) is 0 Å². The lowest BCUT2D eigenvalue weighted by atomic mass is 9.97. The van der Waals surface area contributed by atoms with Crippen LogP contribution < -0.4 is 5.32 Å². The highest BCUT2D eigenvalue weighted by molar-refractivity contribution is 6.33. The lowest BCUT2D eigenvalue weighted by Gasteiger charge is -2.30. The van der Waals surface area contributed by atoms with Crippen molar-refractivity contribution in [1.29, 1.82) is 0 Å². The molecule has 26 heavy (non-hydrogen) atoms.